The number of methoxy groups -OCH3 is 1. The highest BCUT2D eigenvalue weighted by Crippen LogP contribution is 2.28. The molecule has 108 valence electrons. The van der Waals surface area contributed by atoms with Gasteiger partial charge in [-0.15, -0.1) is 0 Å². The minimum Gasteiger partial charge on any atom is -0.389 e. The third kappa shape index (κ3) is 4.16. The molecule has 4 nitrogen and oxygen atoms in total. The highest BCUT2D eigenvalue weighted by atomic mass is 19.1. The number of hydrogen-bond donors (Lipinski definition) is 2. The van der Waals surface area contributed by atoms with E-state index in [0.29, 0.717) is 12.2 Å². The topological polar surface area (TPSA) is 44.7 Å². The van der Waals surface area contributed by atoms with Gasteiger partial charge in [0, 0.05) is 26.7 Å². The first kappa shape index (κ1) is 15.9. The Labute approximate surface area is 114 Å². The van der Waals surface area contributed by atoms with Crippen LogP contribution in [0.4, 0.5) is 10.1 Å². The van der Waals surface area contributed by atoms with Crippen molar-refractivity contribution in [1.82, 2.24) is 5.32 Å². The standard InChI is InChI=1S/C14H23FN2O2/c1-10(16-2)12-6-5-7-13(15)14(12)17(3)8-11(18)9-19-4/h5-7,10-11,16,18H,8-9H2,1-4H3. The van der Waals surface area contributed by atoms with Crippen LogP contribution in [0.15, 0.2) is 18.2 Å². The van der Waals surface area contributed by atoms with Crippen molar-refractivity contribution in [3.8, 4) is 0 Å². The fourth-order valence-electron chi connectivity index (χ4n) is 2.09. The lowest BCUT2D eigenvalue weighted by atomic mass is 10.0. The Balaban J connectivity index is 2.97. The van der Waals surface area contributed by atoms with Gasteiger partial charge in [-0.3, -0.25) is 0 Å². The van der Waals surface area contributed by atoms with E-state index in [0.717, 1.165) is 5.56 Å². The average Bonchev–Trinajstić information content (AvgIpc) is 2.37. The molecule has 0 heterocycles. The molecule has 0 amide bonds. The highest BCUT2D eigenvalue weighted by molar-refractivity contribution is 5.55. The van der Waals surface area contributed by atoms with Crippen LogP contribution in [0.25, 0.3) is 0 Å². The van der Waals surface area contributed by atoms with Gasteiger partial charge >= 0.3 is 0 Å². The second-order valence-corrected chi connectivity index (χ2v) is 4.68. The summed E-state index contributed by atoms with van der Waals surface area (Å²) in [7, 11) is 5.13. The molecule has 0 bridgehead atoms. The van der Waals surface area contributed by atoms with Crippen LogP contribution in [-0.4, -0.2) is 45.6 Å². The number of benzene rings is 1. The smallest absolute Gasteiger partial charge is 0.146 e. The maximum Gasteiger partial charge on any atom is 0.146 e. The third-order valence-electron chi connectivity index (χ3n) is 3.14. The summed E-state index contributed by atoms with van der Waals surface area (Å²) in [4.78, 5) is 1.72. The van der Waals surface area contributed by atoms with E-state index in [-0.39, 0.29) is 18.5 Å². The zero-order valence-corrected chi connectivity index (χ0v) is 12.0. The van der Waals surface area contributed by atoms with Gasteiger partial charge in [-0.25, -0.2) is 4.39 Å². The monoisotopic (exact) mass is 270 g/mol. The fraction of sp³-hybridized carbons (Fsp3) is 0.571. The quantitative estimate of drug-likeness (QED) is 0.789. The first-order valence-corrected chi connectivity index (χ1v) is 6.35. The first-order valence-electron chi connectivity index (χ1n) is 6.35. The lowest BCUT2D eigenvalue weighted by Gasteiger charge is -2.27. The number of hydrogen-bond acceptors (Lipinski definition) is 4. The van der Waals surface area contributed by atoms with Gasteiger partial charge in [0.1, 0.15) is 5.82 Å². The van der Waals surface area contributed by atoms with Gasteiger partial charge in [-0.2, -0.15) is 0 Å². The number of para-hydroxylation sites is 1. The molecule has 1 rings (SSSR count). The van der Waals surface area contributed by atoms with Gasteiger partial charge in [0.2, 0.25) is 0 Å². The molecule has 0 aromatic heterocycles. The SMILES string of the molecule is CNC(C)c1cccc(F)c1N(C)CC(O)COC. The van der Waals surface area contributed by atoms with E-state index in [9.17, 15) is 9.50 Å². The molecule has 0 radical (unpaired) electrons. The zero-order valence-electron chi connectivity index (χ0n) is 12.0. The summed E-state index contributed by atoms with van der Waals surface area (Å²) < 4.78 is 18.9. The number of halogens is 1. The fourth-order valence-corrected chi connectivity index (χ4v) is 2.09. The number of nitrogens with one attached hydrogen (secondary N) is 1. The van der Waals surface area contributed by atoms with Gasteiger partial charge < -0.3 is 20.1 Å². The number of likely N-dealkylation sites (N-methyl/N-ethyl adjacent to an activating group) is 1. The van der Waals surface area contributed by atoms with Crippen LogP contribution < -0.4 is 10.2 Å². The molecule has 5 heteroatoms. The molecule has 2 atom stereocenters. The normalized spacial score (nSPS) is 14.2. The van der Waals surface area contributed by atoms with E-state index in [1.165, 1.54) is 13.2 Å². The first-order chi connectivity index (χ1) is 9.01. The van der Waals surface area contributed by atoms with Crippen molar-refractivity contribution < 1.29 is 14.2 Å². The molecule has 0 aliphatic rings. The van der Waals surface area contributed by atoms with Crippen LogP contribution >= 0.6 is 0 Å². The minimum atomic E-state index is -0.646. The molecule has 2 unspecified atom stereocenters. The Morgan fingerprint density at radius 1 is 1.47 bits per heavy atom. The number of rotatable bonds is 7. The lowest BCUT2D eigenvalue weighted by molar-refractivity contribution is 0.0694. The molecule has 1 aromatic carbocycles. The highest BCUT2D eigenvalue weighted by Gasteiger charge is 2.18. The van der Waals surface area contributed by atoms with Crippen LogP contribution in [0.5, 0.6) is 0 Å². The predicted molar refractivity (Wildman–Crippen MR) is 75.0 cm³/mol. The van der Waals surface area contributed by atoms with Crippen molar-refractivity contribution in [2.24, 2.45) is 0 Å². The number of aliphatic hydroxyl groups excluding tert-OH is 1. The van der Waals surface area contributed by atoms with Crippen LogP contribution in [0.3, 0.4) is 0 Å². The summed E-state index contributed by atoms with van der Waals surface area (Å²) in [5.74, 6) is -0.285. The summed E-state index contributed by atoms with van der Waals surface area (Å²) in [5.41, 5.74) is 1.38. The molecule has 1 aromatic rings. The Morgan fingerprint density at radius 2 is 2.16 bits per heavy atom. The van der Waals surface area contributed by atoms with Crippen molar-refractivity contribution in [2.75, 3.05) is 39.3 Å². The molecule has 0 saturated heterocycles. The third-order valence-corrected chi connectivity index (χ3v) is 3.14. The summed E-state index contributed by atoms with van der Waals surface area (Å²) >= 11 is 0. The molecule has 19 heavy (non-hydrogen) atoms. The van der Waals surface area contributed by atoms with Crippen LogP contribution in [0.1, 0.15) is 18.5 Å². The maximum atomic E-state index is 14.1. The lowest BCUT2D eigenvalue weighted by Crippen LogP contribution is -2.33. The summed E-state index contributed by atoms with van der Waals surface area (Å²) in [5, 5.41) is 12.9. The average molecular weight is 270 g/mol. The molecular weight excluding hydrogens is 247 g/mol. The van der Waals surface area contributed by atoms with Gasteiger partial charge in [0.25, 0.3) is 0 Å². The second kappa shape index (κ2) is 7.43. The predicted octanol–water partition coefficient (Wildman–Crippen LogP) is 1.55. The van der Waals surface area contributed by atoms with Crippen LogP contribution in [0, 0.1) is 5.82 Å². The molecule has 0 saturated carbocycles. The molecule has 0 aliphatic heterocycles. The summed E-state index contributed by atoms with van der Waals surface area (Å²) in [6.07, 6.45) is -0.646. The van der Waals surface area contributed by atoms with E-state index < -0.39 is 6.10 Å². The maximum absolute atomic E-state index is 14.1. The van der Waals surface area contributed by atoms with Crippen molar-refractivity contribution in [3.63, 3.8) is 0 Å². The largest absolute Gasteiger partial charge is 0.389 e. The number of anilines is 1. The molecule has 0 fully saturated rings. The molecule has 0 spiro atoms. The molecular formula is C14H23FN2O2. The van der Waals surface area contributed by atoms with Crippen molar-refractivity contribution in [2.45, 2.75) is 19.1 Å². The van der Waals surface area contributed by atoms with Crippen molar-refractivity contribution in [3.05, 3.63) is 29.6 Å². The minimum absolute atomic E-state index is 0.0349. The molecule has 2 N–H and O–H groups in total. The number of nitrogens with zero attached hydrogens (tertiary/aromatic N) is 1. The van der Waals surface area contributed by atoms with E-state index >= 15 is 0 Å². The van der Waals surface area contributed by atoms with Gasteiger partial charge in [0.05, 0.1) is 18.4 Å². The molecule has 0 aliphatic carbocycles. The van der Waals surface area contributed by atoms with Gasteiger partial charge in [0.15, 0.2) is 0 Å². The van der Waals surface area contributed by atoms with Crippen LogP contribution in [0.2, 0.25) is 0 Å². The van der Waals surface area contributed by atoms with Crippen LogP contribution in [-0.2, 0) is 4.74 Å². The van der Waals surface area contributed by atoms with E-state index in [4.69, 9.17) is 4.74 Å². The number of aliphatic hydroxyl groups is 1. The Morgan fingerprint density at radius 3 is 2.74 bits per heavy atom. The van der Waals surface area contributed by atoms with E-state index in [1.54, 1.807) is 18.0 Å². The van der Waals surface area contributed by atoms with Crippen molar-refractivity contribution >= 4 is 5.69 Å². The second-order valence-electron chi connectivity index (χ2n) is 4.68. The van der Waals surface area contributed by atoms with Gasteiger partial charge in [-0.05, 0) is 25.6 Å². The van der Waals surface area contributed by atoms with Crippen molar-refractivity contribution in [1.29, 1.82) is 0 Å². The number of ether oxygens (including phenoxy) is 1. The van der Waals surface area contributed by atoms with Gasteiger partial charge in [-0.1, -0.05) is 12.1 Å². The summed E-state index contributed by atoms with van der Waals surface area (Å²) in [6, 6.07) is 5.05. The Kier molecular flexibility index (Phi) is 6.21. The van der Waals surface area contributed by atoms with E-state index in [1.807, 2.05) is 20.0 Å². The van der Waals surface area contributed by atoms with E-state index in [2.05, 4.69) is 5.32 Å². The summed E-state index contributed by atoms with van der Waals surface area (Å²) in [6.45, 7) is 2.52. The Hall–Kier alpha value is -1.17. The Bertz CT molecular complexity index is 401. The zero-order chi connectivity index (χ0) is 14.4.